The molecule has 0 aliphatic heterocycles. The quantitative estimate of drug-likeness (QED) is 0.698. The third-order valence-electron chi connectivity index (χ3n) is 2.23. The normalized spacial score (nSPS) is 10.3. The average Bonchev–Trinajstić information content (AvgIpc) is 2.27. The number of pyridine rings is 1. The maximum Gasteiger partial charge on any atom is 0.126 e. The summed E-state index contributed by atoms with van der Waals surface area (Å²) in [7, 11) is 1.92. The number of aromatic nitrogens is 1. The van der Waals surface area contributed by atoms with Crippen molar-refractivity contribution in [3.05, 3.63) is 24.0 Å². The van der Waals surface area contributed by atoms with Crippen molar-refractivity contribution in [1.29, 1.82) is 0 Å². The first kappa shape index (κ1) is 12.0. The van der Waals surface area contributed by atoms with Crippen molar-refractivity contribution in [1.82, 2.24) is 10.3 Å². The highest BCUT2D eigenvalue weighted by Gasteiger charge is 2.01. The molecule has 0 bridgehead atoms. The standard InChI is InChI=1S/C12H20N2O/c1-3-4-5-8-15-12-6-7-14-10-11(12)9-13-2/h6-7,10,13H,3-5,8-9H2,1-2H3. The lowest BCUT2D eigenvalue weighted by Gasteiger charge is -2.10. The molecular formula is C12H20N2O. The number of hydrogen-bond acceptors (Lipinski definition) is 3. The fourth-order valence-corrected chi connectivity index (χ4v) is 1.41. The molecule has 3 nitrogen and oxygen atoms in total. The Labute approximate surface area is 91.9 Å². The number of hydrogen-bond donors (Lipinski definition) is 1. The lowest BCUT2D eigenvalue weighted by atomic mass is 10.2. The molecule has 0 unspecified atom stereocenters. The molecule has 15 heavy (non-hydrogen) atoms. The molecule has 0 saturated carbocycles. The van der Waals surface area contributed by atoms with Gasteiger partial charge in [0.15, 0.2) is 0 Å². The third-order valence-corrected chi connectivity index (χ3v) is 2.23. The van der Waals surface area contributed by atoms with Gasteiger partial charge < -0.3 is 10.1 Å². The van der Waals surface area contributed by atoms with Gasteiger partial charge >= 0.3 is 0 Å². The summed E-state index contributed by atoms with van der Waals surface area (Å²) in [6, 6.07) is 1.93. The summed E-state index contributed by atoms with van der Waals surface area (Å²) in [5.41, 5.74) is 1.12. The van der Waals surface area contributed by atoms with E-state index in [4.69, 9.17) is 4.74 Å². The van der Waals surface area contributed by atoms with Crippen LogP contribution in [-0.2, 0) is 6.54 Å². The number of nitrogens with zero attached hydrogens (tertiary/aromatic N) is 1. The minimum atomic E-state index is 0.800. The Balaban J connectivity index is 2.44. The van der Waals surface area contributed by atoms with E-state index < -0.39 is 0 Å². The van der Waals surface area contributed by atoms with Crippen molar-refractivity contribution in [3.8, 4) is 5.75 Å². The predicted octanol–water partition coefficient (Wildman–Crippen LogP) is 2.37. The molecule has 0 aromatic carbocycles. The van der Waals surface area contributed by atoms with E-state index >= 15 is 0 Å². The van der Waals surface area contributed by atoms with Gasteiger partial charge in [-0.05, 0) is 19.5 Å². The Bertz CT molecular complexity index is 276. The minimum absolute atomic E-state index is 0.800. The smallest absolute Gasteiger partial charge is 0.126 e. The van der Waals surface area contributed by atoms with Crippen molar-refractivity contribution < 1.29 is 4.74 Å². The SMILES string of the molecule is CCCCCOc1ccncc1CNC. The molecule has 1 heterocycles. The molecule has 0 atom stereocenters. The van der Waals surface area contributed by atoms with E-state index in [2.05, 4.69) is 17.2 Å². The second-order valence-electron chi connectivity index (χ2n) is 3.57. The second kappa shape index (κ2) is 7.23. The first-order chi connectivity index (χ1) is 7.38. The molecule has 0 aliphatic rings. The maximum atomic E-state index is 5.71. The predicted molar refractivity (Wildman–Crippen MR) is 62.0 cm³/mol. The average molecular weight is 208 g/mol. The van der Waals surface area contributed by atoms with Crippen LogP contribution in [0.1, 0.15) is 31.7 Å². The van der Waals surface area contributed by atoms with E-state index in [-0.39, 0.29) is 0 Å². The molecule has 1 aromatic heterocycles. The molecule has 1 N–H and O–H groups in total. The van der Waals surface area contributed by atoms with Crippen LogP contribution in [0.5, 0.6) is 5.75 Å². The topological polar surface area (TPSA) is 34.1 Å². The van der Waals surface area contributed by atoms with Gasteiger partial charge in [0.25, 0.3) is 0 Å². The molecule has 3 heteroatoms. The summed E-state index contributed by atoms with van der Waals surface area (Å²) in [4.78, 5) is 4.09. The molecule has 1 rings (SSSR count). The summed E-state index contributed by atoms with van der Waals surface area (Å²) in [5, 5.41) is 3.11. The molecule has 84 valence electrons. The highest BCUT2D eigenvalue weighted by molar-refractivity contribution is 5.29. The lowest BCUT2D eigenvalue weighted by Crippen LogP contribution is -2.08. The minimum Gasteiger partial charge on any atom is -0.493 e. The summed E-state index contributed by atoms with van der Waals surface area (Å²) >= 11 is 0. The van der Waals surface area contributed by atoms with Gasteiger partial charge in [-0.15, -0.1) is 0 Å². The van der Waals surface area contributed by atoms with Gasteiger partial charge in [0.1, 0.15) is 5.75 Å². The molecule has 0 radical (unpaired) electrons. The van der Waals surface area contributed by atoms with Crippen molar-refractivity contribution in [2.45, 2.75) is 32.7 Å². The Hall–Kier alpha value is -1.09. The van der Waals surface area contributed by atoms with Crippen LogP contribution in [0.2, 0.25) is 0 Å². The van der Waals surface area contributed by atoms with E-state index in [0.717, 1.165) is 30.9 Å². The van der Waals surface area contributed by atoms with Crippen LogP contribution in [0, 0.1) is 0 Å². The van der Waals surface area contributed by atoms with Crippen LogP contribution in [0.25, 0.3) is 0 Å². The van der Waals surface area contributed by atoms with Crippen molar-refractivity contribution in [3.63, 3.8) is 0 Å². The van der Waals surface area contributed by atoms with Gasteiger partial charge in [-0.2, -0.15) is 0 Å². The Morgan fingerprint density at radius 2 is 2.27 bits per heavy atom. The van der Waals surface area contributed by atoms with Gasteiger partial charge in [-0.3, -0.25) is 4.98 Å². The van der Waals surface area contributed by atoms with Crippen molar-refractivity contribution in [2.75, 3.05) is 13.7 Å². The number of nitrogens with one attached hydrogen (secondary N) is 1. The molecule has 1 aromatic rings. The van der Waals surface area contributed by atoms with Gasteiger partial charge in [-0.25, -0.2) is 0 Å². The van der Waals surface area contributed by atoms with Gasteiger partial charge in [0, 0.05) is 24.5 Å². The zero-order valence-corrected chi connectivity index (χ0v) is 9.62. The number of unbranched alkanes of at least 4 members (excludes halogenated alkanes) is 2. The lowest BCUT2D eigenvalue weighted by molar-refractivity contribution is 0.302. The van der Waals surface area contributed by atoms with Crippen LogP contribution in [-0.4, -0.2) is 18.6 Å². The fraction of sp³-hybridized carbons (Fsp3) is 0.583. The van der Waals surface area contributed by atoms with Crippen molar-refractivity contribution >= 4 is 0 Å². The second-order valence-corrected chi connectivity index (χ2v) is 3.57. The first-order valence-corrected chi connectivity index (χ1v) is 5.58. The highest BCUT2D eigenvalue weighted by atomic mass is 16.5. The van der Waals surface area contributed by atoms with Crippen LogP contribution >= 0.6 is 0 Å². The molecule has 0 aliphatic carbocycles. The van der Waals surface area contributed by atoms with Gasteiger partial charge in [0.2, 0.25) is 0 Å². The zero-order chi connectivity index (χ0) is 10.9. The number of ether oxygens (including phenoxy) is 1. The summed E-state index contributed by atoms with van der Waals surface area (Å²) in [6.07, 6.45) is 7.20. The van der Waals surface area contributed by atoms with E-state index in [1.165, 1.54) is 12.8 Å². The summed E-state index contributed by atoms with van der Waals surface area (Å²) < 4.78 is 5.71. The van der Waals surface area contributed by atoms with Crippen LogP contribution in [0.15, 0.2) is 18.5 Å². The highest BCUT2D eigenvalue weighted by Crippen LogP contribution is 2.16. The van der Waals surface area contributed by atoms with E-state index in [9.17, 15) is 0 Å². The van der Waals surface area contributed by atoms with Gasteiger partial charge in [0.05, 0.1) is 6.61 Å². The van der Waals surface area contributed by atoms with E-state index in [0.29, 0.717) is 0 Å². The third kappa shape index (κ3) is 4.30. The Morgan fingerprint density at radius 1 is 1.40 bits per heavy atom. The van der Waals surface area contributed by atoms with Crippen LogP contribution in [0.4, 0.5) is 0 Å². The zero-order valence-electron chi connectivity index (χ0n) is 9.62. The molecular weight excluding hydrogens is 188 g/mol. The number of rotatable bonds is 7. The Kier molecular flexibility index (Phi) is 5.78. The molecule has 0 amide bonds. The first-order valence-electron chi connectivity index (χ1n) is 5.58. The summed E-state index contributed by atoms with van der Waals surface area (Å²) in [5.74, 6) is 0.954. The molecule has 0 saturated heterocycles. The van der Waals surface area contributed by atoms with Gasteiger partial charge in [-0.1, -0.05) is 19.8 Å². The van der Waals surface area contributed by atoms with E-state index in [1.807, 2.05) is 19.3 Å². The largest absolute Gasteiger partial charge is 0.493 e. The molecule has 0 spiro atoms. The monoisotopic (exact) mass is 208 g/mol. The summed E-state index contributed by atoms with van der Waals surface area (Å²) in [6.45, 7) is 3.80. The van der Waals surface area contributed by atoms with E-state index in [1.54, 1.807) is 6.20 Å². The molecule has 0 fully saturated rings. The maximum absolute atomic E-state index is 5.71. The Morgan fingerprint density at radius 3 is 3.00 bits per heavy atom. The van der Waals surface area contributed by atoms with Crippen molar-refractivity contribution in [2.24, 2.45) is 0 Å². The van der Waals surface area contributed by atoms with Crippen LogP contribution < -0.4 is 10.1 Å². The fourth-order valence-electron chi connectivity index (χ4n) is 1.41. The van der Waals surface area contributed by atoms with Crippen LogP contribution in [0.3, 0.4) is 0 Å².